The fraction of sp³-hybridized carbons (Fsp3) is 0.833. The Labute approximate surface area is 103 Å². The van der Waals surface area contributed by atoms with E-state index in [0.717, 1.165) is 29.9 Å². The predicted molar refractivity (Wildman–Crippen MR) is 69.3 cm³/mol. The molecule has 0 atom stereocenters. The van der Waals surface area contributed by atoms with Crippen LogP contribution in [-0.4, -0.2) is 29.9 Å². The predicted octanol–water partition coefficient (Wildman–Crippen LogP) is 4.08. The SMILES string of the molecule is CCCCC[Se]C=C[Se]CCCCC. The van der Waals surface area contributed by atoms with Gasteiger partial charge in [-0.2, -0.15) is 0 Å². The molecule has 0 aromatic carbocycles. The summed E-state index contributed by atoms with van der Waals surface area (Å²) >= 11 is 1.61. The molecule has 84 valence electrons. The van der Waals surface area contributed by atoms with Gasteiger partial charge in [0.1, 0.15) is 0 Å². The van der Waals surface area contributed by atoms with Gasteiger partial charge in [0.2, 0.25) is 0 Å². The molecule has 0 heterocycles. The molecule has 0 rings (SSSR count). The van der Waals surface area contributed by atoms with Gasteiger partial charge in [0.05, 0.1) is 0 Å². The summed E-state index contributed by atoms with van der Waals surface area (Å²) in [5.74, 6) is 0. The fourth-order valence-electron chi connectivity index (χ4n) is 1.09. The zero-order chi connectivity index (χ0) is 10.5. The summed E-state index contributed by atoms with van der Waals surface area (Å²) in [5.41, 5.74) is 0. The third-order valence-corrected chi connectivity index (χ3v) is 6.43. The van der Waals surface area contributed by atoms with Crippen molar-refractivity contribution in [1.29, 1.82) is 0 Å². The number of unbranched alkanes of at least 4 members (excludes halogenated alkanes) is 4. The van der Waals surface area contributed by atoms with E-state index in [-0.39, 0.29) is 0 Å². The zero-order valence-corrected chi connectivity index (χ0v) is 13.1. The van der Waals surface area contributed by atoms with Gasteiger partial charge in [0.25, 0.3) is 0 Å². The molecule has 0 aliphatic carbocycles. The van der Waals surface area contributed by atoms with Crippen LogP contribution in [-0.2, 0) is 0 Å². The van der Waals surface area contributed by atoms with E-state index in [1.807, 2.05) is 0 Å². The van der Waals surface area contributed by atoms with E-state index < -0.39 is 0 Å². The first-order chi connectivity index (χ1) is 6.91. The van der Waals surface area contributed by atoms with Crippen LogP contribution in [0.4, 0.5) is 0 Å². The molecule has 0 saturated carbocycles. The molecule has 0 aromatic heterocycles. The molecule has 0 radical (unpaired) electrons. The van der Waals surface area contributed by atoms with Gasteiger partial charge in [-0.25, -0.2) is 0 Å². The molecule has 0 nitrogen and oxygen atoms in total. The molecule has 14 heavy (non-hydrogen) atoms. The second kappa shape index (κ2) is 13.8. The molecule has 0 unspecified atom stereocenters. The summed E-state index contributed by atoms with van der Waals surface area (Å²) in [6.45, 7) is 4.55. The quantitative estimate of drug-likeness (QED) is 0.419. The van der Waals surface area contributed by atoms with Crippen LogP contribution in [0.3, 0.4) is 0 Å². The van der Waals surface area contributed by atoms with Crippen molar-refractivity contribution >= 4 is 29.9 Å². The summed E-state index contributed by atoms with van der Waals surface area (Å²) in [6.07, 6.45) is 8.48. The molecule has 0 bridgehead atoms. The second-order valence-electron chi connectivity index (χ2n) is 3.43. The topological polar surface area (TPSA) is 0 Å². The zero-order valence-electron chi connectivity index (χ0n) is 9.63. The van der Waals surface area contributed by atoms with Crippen LogP contribution < -0.4 is 0 Å². The molecule has 0 fully saturated rings. The van der Waals surface area contributed by atoms with Gasteiger partial charge in [-0.1, -0.05) is 0 Å². The Hall–Kier alpha value is 0.779. The Morgan fingerprint density at radius 2 is 1.14 bits per heavy atom. The third-order valence-electron chi connectivity index (χ3n) is 1.98. The van der Waals surface area contributed by atoms with Crippen LogP contribution in [0.2, 0.25) is 10.6 Å². The maximum atomic E-state index is 2.47. The van der Waals surface area contributed by atoms with Crippen LogP contribution in [0.15, 0.2) is 9.95 Å². The molecule has 0 spiro atoms. The van der Waals surface area contributed by atoms with E-state index in [0.29, 0.717) is 0 Å². The summed E-state index contributed by atoms with van der Waals surface area (Å²) in [7, 11) is 0. The minimum atomic E-state index is 0.807. The van der Waals surface area contributed by atoms with E-state index in [1.165, 1.54) is 49.2 Å². The number of hydrogen-bond donors (Lipinski definition) is 0. The number of rotatable bonds is 10. The number of hydrogen-bond acceptors (Lipinski definition) is 0. The Morgan fingerprint density at radius 1 is 0.714 bits per heavy atom. The van der Waals surface area contributed by atoms with Crippen molar-refractivity contribution in [3.05, 3.63) is 9.95 Å². The molecule has 2 heteroatoms. The van der Waals surface area contributed by atoms with Crippen molar-refractivity contribution < 1.29 is 0 Å². The Kier molecular flexibility index (Phi) is 14.5. The first kappa shape index (κ1) is 14.8. The van der Waals surface area contributed by atoms with Crippen molar-refractivity contribution in [3.63, 3.8) is 0 Å². The Morgan fingerprint density at radius 3 is 1.50 bits per heavy atom. The van der Waals surface area contributed by atoms with Crippen LogP contribution in [0.5, 0.6) is 0 Å². The molecule has 0 aliphatic rings. The molecule has 0 aliphatic heterocycles. The summed E-state index contributed by atoms with van der Waals surface area (Å²) in [4.78, 5) is 4.93. The van der Waals surface area contributed by atoms with Gasteiger partial charge in [-0.3, -0.25) is 0 Å². The average Bonchev–Trinajstić information content (AvgIpc) is 2.21. The summed E-state index contributed by atoms with van der Waals surface area (Å²) < 4.78 is 0. The minimum absolute atomic E-state index is 0.807. The normalized spacial score (nSPS) is 11.3. The Balaban J connectivity index is 2.96. The van der Waals surface area contributed by atoms with E-state index in [9.17, 15) is 0 Å². The van der Waals surface area contributed by atoms with E-state index >= 15 is 0 Å². The second-order valence-corrected chi connectivity index (χ2v) is 7.68. The van der Waals surface area contributed by atoms with E-state index in [1.54, 1.807) is 0 Å². The van der Waals surface area contributed by atoms with Crippen molar-refractivity contribution in [2.24, 2.45) is 0 Å². The van der Waals surface area contributed by atoms with Crippen molar-refractivity contribution in [2.75, 3.05) is 0 Å². The van der Waals surface area contributed by atoms with Crippen LogP contribution >= 0.6 is 0 Å². The monoisotopic (exact) mass is 328 g/mol. The molecular weight excluding hydrogens is 302 g/mol. The van der Waals surface area contributed by atoms with Gasteiger partial charge >= 0.3 is 103 Å². The first-order valence-corrected chi connectivity index (χ1v) is 10.2. The van der Waals surface area contributed by atoms with Crippen LogP contribution in [0.1, 0.15) is 52.4 Å². The van der Waals surface area contributed by atoms with Gasteiger partial charge in [-0.05, 0) is 0 Å². The summed E-state index contributed by atoms with van der Waals surface area (Å²) in [6, 6.07) is 0. The van der Waals surface area contributed by atoms with Gasteiger partial charge in [-0.15, -0.1) is 0 Å². The van der Waals surface area contributed by atoms with Gasteiger partial charge < -0.3 is 0 Å². The fourth-order valence-corrected chi connectivity index (χ4v) is 5.26. The van der Waals surface area contributed by atoms with Gasteiger partial charge in [0, 0.05) is 0 Å². The molecule has 0 aromatic rings. The standard InChI is InChI=1S/C12H24Se2/c1-3-5-7-9-13-11-12-14-10-8-6-4-2/h11-12H,3-10H2,1-2H3. The molecule has 0 amide bonds. The van der Waals surface area contributed by atoms with Crippen molar-refractivity contribution in [2.45, 2.75) is 63.0 Å². The van der Waals surface area contributed by atoms with Gasteiger partial charge in [0.15, 0.2) is 0 Å². The Bertz CT molecular complexity index is 107. The summed E-state index contributed by atoms with van der Waals surface area (Å²) in [5, 5.41) is 2.92. The first-order valence-electron chi connectivity index (χ1n) is 5.80. The molecular formula is C12H24Se2. The maximum absolute atomic E-state index is 2.47. The van der Waals surface area contributed by atoms with E-state index in [4.69, 9.17) is 0 Å². The molecule has 0 saturated heterocycles. The van der Waals surface area contributed by atoms with Crippen LogP contribution in [0, 0.1) is 0 Å². The van der Waals surface area contributed by atoms with Crippen LogP contribution in [0.25, 0.3) is 0 Å². The molecule has 0 N–H and O–H groups in total. The average molecular weight is 326 g/mol. The third kappa shape index (κ3) is 12.8. The van der Waals surface area contributed by atoms with Crippen molar-refractivity contribution in [3.8, 4) is 0 Å². The van der Waals surface area contributed by atoms with E-state index in [2.05, 4.69) is 23.8 Å². The van der Waals surface area contributed by atoms with Crippen molar-refractivity contribution in [1.82, 2.24) is 0 Å².